The Balaban J connectivity index is 1.59. The summed E-state index contributed by atoms with van der Waals surface area (Å²) in [7, 11) is 1.64. The maximum absolute atomic E-state index is 12.2. The van der Waals surface area contributed by atoms with E-state index in [0.717, 1.165) is 23.8 Å². The van der Waals surface area contributed by atoms with E-state index >= 15 is 0 Å². The van der Waals surface area contributed by atoms with Crippen LogP contribution in [0, 0.1) is 12.8 Å². The second-order valence-electron chi connectivity index (χ2n) is 6.66. The molecule has 0 unspecified atom stereocenters. The number of carbonyl (C=O) groups excluding carboxylic acids is 1. The van der Waals surface area contributed by atoms with Gasteiger partial charge in [0.2, 0.25) is 5.91 Å². The summed E-state index contributed by atoms with van der Waals surface area (Å²) >= 11 is 1.41. The number of amides is 1. The molecule has 1 N–H and O–H groups in total. The van der Waals surface area contributed by atoms with E-state index in [4.69, 9.17) is 4.74 Å². The standard InChI is InChI=1S/C19H26N4O2S/c1-14-21-22-19(23(14)16-9-6-10-17(11-16)25-2)26-13-18(24)20-12-15-7-4-3-5-8-15/h6,9-11,15H,3-5,7-8,12-13H2,1-2H3,(H,20,24). The van der Waals surface area contributed by atoms with E-state index in [1.165, 1.54) is 43.9 Å². The van der Waals surface area contributed by atoms with Crippen LogP contribution in [0.4, 0.5) is 0 Å². The first-order valence-electron chi connectivity index (χ1n) is 9.13. The topological polar surface area (TPSA) is 69.0 Å². The van der Waals surface area contributed by atoms with Gasteiger partial charge >= 0.3 is 0 Å². The molecule has 26 heavy (non-hydrogen) atoms. The highest BCUT2D eigenvalue weighted by Gasteiger charge is 2.16. The first-order chi connectivity index (χ1) is 12.7. The van der Waals surface area contributed by atoms with Gasteiger partial charge in [0.05, 0.1) is 18.6 Å². The van der Waals surface area contributed by atoms with Gasteiger partial charge in [-0.25, -0.2) is 0 Å². The number of aromatic nitrogens is 3. The molecule has 0 atom stereocenters. The van der Waals surface area contributed by atoms with Gasteiger partial charge < -0.3 is 10.1 Å². The molecule has 140 valence electrons. The summed E-state index contributed by atoms with van der Waals surface area (Å²) in [5.41, 5.74) is 0.928. The molecule has 1 aromatic heterocycles. The molecular formula is C19H26N4O2S. The predicted octanol–water partition coefficient (Wildman–Crippen LogP) is 3.37. The minimum Gasteiger partial charge on any atom is -0.497 e. The van der Waals surface area contributed by atoms with Crippen LogP contribution in [-0.2, 0) is 4.79 Å². The summed E-state index contributed by atoms with van der Waals surface area (Å²) in [5, 5.41) is 12.2. The van der Waals surface area contributed by atoms with Gasteiger partial charge in [0.15, 0.2) is 5.16 Å². The number of ether oxygens (including phenoxy) is 1. The van der Waals surface area contributed by atoms with Crippen molar-refractivity contribution in [2.75, 3.05) is 19.4 Å². The minimum absolute atomic E-state index is 0.0541. The maximum Gasteiger partial charge on any atom is 0.230 e. The van der Waals surface area contributed by atoms with Crippen molar-refractivity contribution in [3.63, 3.8) is 0 Å². The van der Waals surface area contributed by atoms with Crippen LogP contribution in [0.2, 0.25) is 0 Å². The monoisotopic (exact) mass is 374 g/mol. The number of benzene rings is 1. The lowest BCUT2D eigenvalue weighted by Gasteiger charge is -2.21. The molecule has 7 heteroatoms. The fourth-order valence-corrected chi connectivity index (χ4v) is 4.14. The Hall–Kier alpha value is -2.02. The maximum atomic E-state index is 12.2. The first-order valence-corrected chi connectivity index (χ1v) is 10.1. The van der Waals surface area contributed by atoms with Crippen molar-refractivity contribution in [1.82, 2.24) is 20.1 Å². The summed E-state index contributed by atoms with van der Waals surface area (Å²) in [4.78, 5) is 12.2. The number of thioether (sulfide) groups is 1. The molecule has 1 amide bonds. The lowest BCUT2D eigenvalue weighted by molar-refractivity contribution is -0.118. The Kier molecular flexibility index (Phi) is 6.55. The van der Waals surface area contributed by atoms with Crippen LogP contribution in [0.5, 0.6) is 5.75 Å². The molecule has 0 bridgehead atoms. The predicted molar refractivity (Wildman–Crippen MR) is 103 cm³/mol. The molecule has 1 aliphatic rings. The fourth-order valence-electron chi connectivity index (χ4n) is 3.31. The van der Waals surface area contributed by atoms with Crippen LogP contribution in [0.25, 0.3) is 5.69 Å². The van der Waals surface area contributed by atoms with Crippen LogP contribution in [-0.4, -0.2) is 40.1 Å². The van der Waals surface area contributed by atoms with Gasteiger partial charge in [-0.3, -0.25) is 9.36 Å². The van der Waals surface area contributed by atoms with Gasteiger partial charge in [0, 0.05) is 12.6 Å². The van der Waals surface area contributed by atoms with Crippen LogP contribution >= 0.6 is 11.8 Å². The number of nitrogens with one attached hydrogen (secondary N) is 1. The van der Waals surface area contributed by atoms with E-state index in [1.54, 1.807) is 7.11 Å². The van der Waals surface area contributed by atoms with E-state index in [0.29, 0.717) is 16.8 Å². The van der Waals surface area contributed by atoms with Crippen LogP contribution < -0.4 is 10.1 Å². The molecule has 1 heterocycles. The van der Waals surface area contributed by atoms with Gasteiger partial charge in [-0.15, -0.1) is 10.2 Å². The Morgan fingerprint density at radius 3 is 2.88 bits per heavy atom. The van der Waals surface area contributed by atoms with Gasteiger partial charge in [-0.1, -0.05) is 37.1 Å². The Bertz CT molecular complexity index is 741. The third kappa shape index (κ3) is 4.78. The molecule has 1 aromatic carbocycles. The average molecular weight is 375 g/mol. The summed E-state index contributed by atoms with van der Waals surface area (Å²) in [6.07, 6.45) is 6.38. The van der Waals surface area contributed by atoms with E-state index in [1.807, 2.05) is 35.8 Å². The molecule has 6 nitrogen and oxygen atoms in total. The normalized spacial score (nSPS) is 15.0. The summed E-state index contributed by atoms with van der Waals surface area (Å²) < 4.78 is 7.24. The molecule has 1 aliphatic carbocycles. The smallest absolute Gasteiger partial charge is 0.230 e. The number of methoxy groups -OCH3 is 1. The third-order valence-electron chi connectivity index (χ3n) is 4.75. The molecule has 3 rings (SSSR count). The number of aryl methyl sites for hydroxylation is 1. The van der Waals surface area contributed by atoms with Crippen LogP contribution in [0.1, 0.15) is 37.9 Å². The van der Waals surface area contributed by atoms with Crippen molar-refractivity contribution < 1.29 is 9.53 Å². The average Bonchev–Trinajstić information content (AvgIpc) is 3.06. The number of carbonyl (C=O) groups is 1. The van der Waals surface area contributed by atoms with Crippen molar-refractivity contribution in [2.45, 2.75) is 44.2 Å². The lowest BCUT2D eigenvalue weighted by Crippen LogP contribution is -2.31. The van der Waals surface area contributed by atoms with E-state index in [-0.39, 0.29) is 5.91 Å². The zero-order valence-electron chi connectivity index (χ0n) is 15.4. The van der Waals surface area contributed by atoms with Gasteiger partial charge in [-0.2, -0.15) is 0 Å². The molecule has 0 aliphatic heterocycles. The third-order valence-corrected chi connectivity index (χ3v) is 5.68. The summed E-state index contributed by atoms with van der Waals surface area (Å²) in [6.45, 7) is 2.70. The van der Waals surface area contributed by atoms with E-state index in [9.17, 15) is 4.79 Å². The minimum atomic E-state index is 0.0541. The van der Waals surface area contributed by atoms with Crippen molar-refractivity contribution in [3.05, 3.63) is 30.1 Å². The molecule has 0 spiro atoms. The second-order valence-corrected chi connectivity index (χ2v) is 7.61. The highest BCUT2D eigenvalue weighted by Crippen LogP contribution is 2.25. The molecule has 1 fully saturated rings. The summed E-state index contributed by atoms with van der Waals surface area (Å²) in [5.74, 6) is 2.59. The van der Waals surface area contributed by atoms with Crippen molar-refractivity contribution in [3.8, 4) is 11.4 Å². The largest absolute Gasteiger partial charge is 0.497 e. The lowest BCUT2D eigenvalue weighted by atomic mass is 9.89. The Morgan fingerprint density at radius 2 is 2.12 bits per heavy atom. The SMILES string of the molecule is COc1cccc(-n2c(C)nnc2SCC(=O)NCC2CCCCC2)c1. The van der Waals surface area contributed by atoms with Crippen LogP contribution in [0.3, 0.4) is 0 Å². The zero-order valence-corrected chi connectivity index (χ0v) is 16.2. The highest BCUT2D eigenvalue weighted by atomic mass is 32.2. The van der Waals surface area contributed by atoms with Crippen molar-refractivity contribution >= 4 is 17.7 Å². The Morgan fingerprint density at radius 1 is 1.31 bits per heavy atom. The van der Waals surface area contributed by atoms with E-state index in [2.05, 4.69) is 15.5 Å². The first kappa shape index (κ1) is 18.8. The molecule has 0 radical (unpaired) electrons. The zero-order chi connectivity index (χ0) is 18.4. The molecule has 1 saturated carbocycles. The summed E-state index contributed by atoms with van der Waals surface area (Å²) in [6, 6.07) is 7.74. The number of hydrogen-bond donors (Lipinski definition) is 1. The van der Waals surface area contributed by atoms with E-state index < -0.39 is 0 Å². The highest BCUT2D eigenvalue weighted by molar-refractivity contribution is 7.99. The fraction of sp³-hybridized carbons (Fsp3) is 0.526. The quantitative estimate of drug-likeness (QED) is 0.753. The van der Waals surface area contributed by atoms with Gasteiger partial charge in [0.1, 0.15) is 11.6 Å². The number of hydrogen-bond acceptors (Lipinski definition) is 5. The van der Waals surface area contributed by atoms with Crippen molar-refractivity contribution in [1.29, 1.82) is 0 Å². The molecule has 2 aromatic rings. The molecular weight excluding hydrogens is 348 g/mol. The number of nitrogens with zero attached hydrogens (tertiary/aromatic N) is 3. The van der Waals surface area contributed by atoms with Gasteiger partial charge in [-0.05, 0) is 37.8 Å². The van der Waals surface area contributed by atoms with Gasteiger partial charge in [0.25, 0.3) is 0 Å². The van der Waals surface area contributed by atoms with Crippen molar-refractivity contribution in [2.24, 2.45) is 5.92 Å². The second kappa shape index (κ2) is 9.07. The number of rotatable bonds is 7. The van der Waals surface area contributed by atoms with Crippen LogP contribution in [0.15, 0.2) is 29.4 Å². The Labute approximate surface area is 158 Å². The molecule has 0 saturated heterocycles.